The van der Waals surface area contributed by atoms with Crippen LogP contribution in [-0.4, -0.2) is 91.5 Å². The molecular formula is C26H28F2N4O6S2. The number of benzene rings is 2. The lowest BCUT2D eigenvalue weighted by atomic mass is 10.1. The minimum absolute atomic E-state index is 0.0680. The molecular weight excluding hydrogens is 566 g/mol. The van der Waals surface area contributed by atoms with Crippen molar-refractivity contribution in [2.24, 2.45) is 0 Å². The van der Waals surface area contributed by atoms with E-state index >= 15 is 0 Å². The Morgan fingerprint density at radius 2 is 1.68 bits per heavy atom. The maximum absolute atomic E-state index is 13.9. The zero-order chi connectivity index (χ0) is 28.4. The molecule has 214 valence electrons. The summed E-state index contributed by atoms with van der Waals surface area (Å²) in [7, 11) is -3.78. The monoisotopic (exact) mass is 594 g/mol. The van der Waals surface area contributed by atoms with Crippen LogP contribution in [0.4, 0.5) is 13.6 Å². The topological polar surface area (TPSA) is 109 Å². The van der Waals surface area contributed by atoms with Crippen molar-refractivity contribution < 1.29 is 36.3 Å². The second-order valence-corrected chi connectivity index (χ2v) is 12.4. The molecule has 2 amide bonds. The van der Waals surface area contributed by atoms with E-state index in [1.807, 2.05) is 0 Å². The molecule has 0 unspecified atom stereocenters. The summed E-state index contributed by atoms with van der Waals surface area (Å²) in [4.78, 5) is 32.3. The number of fused-ring (bicyclic) bond motifs is 1. The van der Waals surface area contributed by atoms with E-state index in [0.29, 0.717) is 36.2 Å². The first-order valence-corrected chi connectivity index (χ1v) is 15.1. The molecule has 14 heteroatoms. The summed E-state index contributed by atoms with van der Waals surface area (Å²) in [6, 6.07) is 7.85. The second kappa shape index (κ2) is 11.6. The molecule has 0 radical (unpaired) electrons. The Bertz CT molecular complexity index is 1500. The van der Waals surface area contributed by atoms with E-state index in [1.165, 1.54) is 39.5 Å². The van der Waals surface area contributed by atoms with Crippen LogP contribution >= 0.6 is 11.3 Å². The lowest BCUT2D eigenvalue weighted by molar-refractivity contribution is 0.0595. The van der Waals surface area contributed by atoms with Crippen molar-refractivity contribution in [2.45, 2.75) is 30.8 Å². The van der Waals surface area contributed by atoms with Crippen molar-refractivity contribution in [1.29, 1.82) is 0 Å². The molecule has 3 aromatic rings. The fourth-order valence-corrected chi connectivity index (χ4v) is 7.08. The summed E-state index contributed by atoms with van der Waals surface area (Å²) in [5.41, 5.74) is 0.438. The Balaban J connectivity index is 1.15. The van der Waals surface area contributed by atoms with Crippen LogP contribution in [0.25, 0.3) is 10.2 Å². The minimum Gasteiger partial charge on any atom is -0.467 e. The number of hydrogen-bond acceptors (Lipinski definition) is 8. The summed E-state index contributed by atoms with van der Waals surface area (Å²) in [6.07, 6.45) is 0.377. The predicted octanol–water partition coefficient (Wildman–Crippen LogP) is 3.72. The fourth-order valence-electron chi connectivity index (χ4n) is 4.73. The molecule has 0 saturated carbocycles. The number of carbonyl (C=O) groups excluding carboxylic acids is 2. The van der Waals surface area contributed by atoms with E-state index in [2.05, 4.69) is 4.98 Å². The smallest absolute Gasteiger partial charge is 0.409 e. The van der Waals surface area contributed by atoms with Crippen LogP contribution in [0.15, 0.2) is 41.3 Å². The molecule has 3 heterocycles. The van der Waals surface area contributed by atoms with E-state index in [9.17, 15) is 26.8 Å². The first kappa shape index (κ1) is 28.2. The van der Waals surface area contributed by atoms with Gasteiger partial charge in [0.1, 0.15) is 17.4 Å². The van der Waals surface area contributed by atoms with Crippen molar-refractivity contribution in [3.8, 4) is 5.19 Å². The number of rotatable bonds is 6. The number of nitrogens with zero attached hydrogens (tertiary/aromatic N) is 4. The number of aromatic nitrogens is 1. The Kier molecular flexibility index (Phi) is 8.19. The molecule has 5 rings (SSSR count). The van der Waals surface area contributed by atoms with Crippen LogP contribution in [0.5, 0.6) is 5.19 Å². The summed E-state index contributed by atoms with van der Waals surface area (Å²) in [5, 5.41) is 0.253. The third-order valence-electron chi connectivity index (χ3n) is 6.89. The zero-order valence-corrected chi connectivity index (χ0v) is 23.3. The SMILES string of the molecule is CCOC(=O)N1CCN(S(=O)(=O)c2ccc(C(=O)N3CCC(Oc4nc5c(F)cc(F)cc5s4)CC3)cc2)CC1. The van der Waals surface area contributed by atoms with Crippen LogP contribution in [0.2, 0.25) is 0 Å². The molecule has 2 aliphatic rings. The third-order valence-corrected chi connectivity index (χ3v) is 9.70. The molecule has 0 aliphatic carbocycles. The first-order chi connectivity index (χ1) is 19.2. The molecule has 2 saturated heterocycles. The van der Waals surface area contributed by atoms with Gasteiger partial charge in [0.05, 0.1) is 16.2 Å². The van der Waals surface area contributed by atoms with Crippen LogP contribution < -0.4 is 4.74 Å². The highest BCUT2D eigenvalue weighted by Gasteiger charge is 2.31. The van der Waals surface area contributed by atoms with Gasteiger partial charge in [-0.3, -0.25) is 4.79 Å². The second-order valence-electron chi connectivity index (χ2n) is 9.44. The Morgan fingerprint density at radius 3 is 2.33 bits per heavy atom. The summed E-state index contributed by atoms with van der Waals surface area (Å²) in [6.45, 7) is 3.59. The number of halogens is 2. The normalized spacial score (nSPS) is 17.3. The predicted molar refractivity (Wildman–Crippen MR) is 143 cm³/mol. The molecule has 0 bridgehead atoms. The van der Waals surface area contributed by atoms with Gasteiger partial charge < -0.3 is 19.3 Å². The number of carbonyl (C=O) groups is 2. The van der Waals surface area contributed by atoms with Gasteiger partial charge >= 0.3 is 6.09 Å². The third kappa shape index (κ3) is 5.88. The molecule has 2 fully saturated rings. The van der Waals surface area contributed by atoms with Crippen LogP contribution in [0.3, 0.4) is 0 Å². The number of hydrogen-bond donors (Lipinski definition) is 0. The lowest BCUT2D eigenvalue weighted by Gasteiger charge is -2.33. The number of piperidine rings is 1. The van der Waals surface area contributed by atoms with Crippen molar-refractivity contribution in [3.63, 3.8) is 0 Å². The van der Waals surface area contributed by atoms with Crippen molar-refractivity contribution in [3.05, 3.63) is 53.6 Å². The number of piperazine rings is 1. The summed E-state index contributed by atoms with van der Waals surface area (Å²) >= 11 is 1.07. The van der Waals surface area contributed by atoms with Gasteiger partial charge in [-0.2, -0.15) is 9.29 Å². The van der Waals surface area contributed by atoms with E-state index in [4.69, 9.17) is 9.47 Å². The van der Waals surface area contributed by atoms with Gasteiger partial charge in [-0.25, -0.2) is 22.0 Å². The van der Waals surface area contributed by atoms with E-state index < -0.39 is 27.8 Å². The van der Waals surface area contributed by atoms with Gasteiger partial charge in [0, 0.05) is 63.7 Å². The van der Waals surface area contributed by atoms with Crippen LogP contribution in [-0.2, 0) is 14.8 Å². The van der Waals surface area contributed by atoms with Gasteiger partial charge in [0.2, 0.25) is 10.0 Å². The van der Waals surface area contributed by atoms with Gasteiger partial charge in [-0.1, -0.05) is 11.3 Å². The molecule has 0 spiro atoms. The number of thiazole rings is 1. The lowest BCUT2D eigenvalue weighted by Crippen LogP contribution is -2.50. The van der Waals surface area contributed by atoms with Crippen molar-refractivity contribution in [2.75, 3.05) is 45.9 Å². The highest BCUT2D eigenvalue weighted by molar-refractivity contribution is 7.89. The standard InChI is InChI=1S/C26H28F2N4O6S2/c1-2-37-26(34)31-11-13-32(14-12-31)40(35,36)20-5-3-17(4-6-20)24(33)30-9-7-19(8-10-30)38-25-29-23-21(28)15-18(27)16-22(23)39-25/h3-6,15-16,19H,2,7-14H2,1H3. The van der Waals surface area contributed by atoms with Crippen molar-refractivity contribution >= 4 is 43.6 Å². The molecule has 1 aromatic heterocycles. The Labute approximate surface area is 234 Å². The number of likely N-dealkylation sites (tertiary alicyclic amines) is 1. The maximum Gasteiger partial charge on any atom is 0.409 e. The van der Waals surface area contributed by atoms with E-state index in [0.717, 1.165) is 17.4 Å². The Hall–Kier alpha value is -3.36. The molecule has 0 atom stereocenters. The van der Waals surface area contributed by atoms with Gasteiger partial charge in [0.25, 0.3) is 11.1 Å². The number of amides is 2. The average Bonchev–Trinajstić information content (AvgIpc) is 3.36. The maximum atomic E-state index is 13.9. The average molecular weight is 595 g/mol. The fraction of sp³-hybridized carbons (Fsp3) is 0.423. The van der Waals surface area contributed by atoms with Gasteiger partial charge in [0.15, 0.2) is 5.82 Å². The molecule has 10 nitrogen and oxygen atoms in total. The summed E-state index contributed by atoms with van der Waals surface area (Å²) in [5.74, 6) is -1.63. The first-order valence-electron chi connectivity index (χ1n) is 12.9. The molecule has 2 aliphatic heterocycles. The number of ether oxygens (including phenoxy) is 2. The largest absolute Gasteiger partial charge is 0.467 e. The van der Waals surface area contributed by atoms with E-state index in [-0.39, 0.29) is 60.4 Å². The highest BCUT2D eigenvalue weighted by Crippen LogP contribution is 2.32. The van der Waals surface area contributed by atoms with E-state index in [1.54, 1.807) is 11.8 Å². The van der Waals surface area contributed by atoms with Gasteiger partial charge in [-0.15, -0.1) is 0 Å². The molecule has 40 heavy (non-hydrogen) atoms. The summed E-state index contributed by atoms with van der Waals surface area (Å²) < 4.78 is 66.1. The van der Waals surface area contributed by atoms with Crippen molar-refractivity contribution in [1.82, 2.24) is 19.1 Å². The molecule has 0 N–H and O–H groups in total. The molecule has 2 aromatic carbocycles. The highest BCUT2D eigenvalue weighted by atomic mass is 32.2. The Morgan fingerprint density at radius 1 is 1.00 bits per heavy atom. The van der Waals surface area contributed by atoms with Crippen LogP contribution in [0.1, 0.15) is 30.1 Å². The van der Waals surface area contributed by atoms with Gasteiger partial charge in [-0.05, 0) is 37.3 Å². The quantitative estimate of drug-likeness (QED) is 0.428. The zero-order valence-electron chi connectivity index (χ0n) is 21.7. The minimum atomic E-state index is -3.78. The number of sulfonamides is 1. The van der Waals surface area contributed by atoms with Crippen LogP contribution in [0, 0.1) is 11.6 Å².